The van der Waals surface area contributed by atoms with Gasteiger partial charge < -0.3 is 10.2 Å². The van der Waals surface area contributed by atoms with E-state index in [0.717, 1.165) is 5.56 Å². The number of carbonyl (C=O) groups excluding carboxylic acids is 1. The number of primary amides is 1. The van der Waals surface area contributed by atoms with Crippen LogP contribution in [0.15, 0.2) is 52.9 Å². The molecule has 29 heavy (non-hydrogen) atoms. The summed E-state index contributed by atoms with van der Waals surface area (Å²) in [6.07, 6.45) is -2.81. The minimum atomic E-state index is -2.81. The summed E-state index contributed by atoms with van der Waals surface area (Å²) in [6.45, 7) is 0.328. The number of amides is 1. The number of nitrogens with zero attached hydrogens (tertiary/aromatic N) is 6. The first-order valence-electron chi connectivity index (χ1n) is 8.38. The second-order valence-electron chi connectivity index (χ2n) is 6.03. The average Bonchev–Trinajstić information content (AvgIpc) is 3.39. The maximum Gasteiger partial charge on any atom is 0.314 e. The van der Waals surface area contributed by atoms with Crippen LogP contribution in [0.5, 0.6) is 0 Å². The molecular weight excluding hydrogens is 384 g/mol. The van der Waals surface area contributed by atoms with Crippen molar-refractivity contribution in [2.45, 2.75) is 13.0 Å². The molecule has 0 atom stereocenters. The second-order valence-corrected chi connectivity index (χ2v) is 6.03. The third kappa shape index (κ3) is 3.98. The number of aromatic nitrogens is 6. The van der Waals surface area contributed by atoms with Crippen molar-refractivity contribution in [3.05, 3.63) is 65.5 Å². The zero-order valence-electron chi connectivity index (χ0n) is 14.7. The molecular formula is C18H13F2N7O2. The number of hydrogen-bond acceptors (Lipinski definition) is 7. The second kappa shape index (κ2) is 7.54. The molecule has 0 saturated carbocycles. The highest BCUT2D eigenvalue weighted by molar-refractivity contribution is 5.93. The normalized spacial score (nSPS) is 11.1. The van der Waals surface area contributed by atoms with Gasteiger partial charge in [-0.3, -0.25) is 4.79 Å². The van der Waals surface area contributed by atoms with E-state index in [-0.39, 0.29) is 5.89 Å². The maximum atomic E-state index is 12.5. The summed E-state index contributed by atoms with van der Waals surface area (Å²) in [5.74, 6) is -0.887. The maximum absolute atomic E-state index is 12.5. The molecule has 11 heteroatoms. The lowest BCUT2D eigenvalue weighted by Gasteiger charge is -2.01. The van der Waals surface area contributed by atoms with Gasteiger partial charge in [0.25, 0.3) is 5.89 Å². The molecule has 146 valence electrons. The standard InChI is InChI=1S/C18H13F2N7O2/c19-14(20)18-24-23-17(29-18)11-6-4-10(5-7-11)9-27-25-16(22-26-27)13-3-1-2-12(8-13)15(21)28/h1-8,14H,9H2,(H2,21,28). The van der Waals surface area contributed by atoms with E-state index in [1.54, 1.807) is 48.5 Å². The van der Waals surface area contributed by atoms with E-state index in [0.29, 0.717) is 29.1 Å². The van der Waals surface area contributed by atoms with Gasteiger partial charge in [-0.2, -0.15) is 13.6 Å². The molecule has 0 spiro atoms. The highest BCUT2D eigenvalue weighted by atomic mass is 19.3. The van der Waals surface area contributed by atoms with Gasteiger partial charge in [-0.1, -0.05) is 24.3 Å². The van der Waals surface area contributed by atoms with Crippen molar-refractivity contribution < 1.29 is 18.0 Å². The number of nitrogens with two attached hydrogens (primary N) is 1. The van der Waals surface area contributed by atoms with Gasteiger partial charge in [-0.25, -0.2) is 0 Å². The van der Waals surface area contributed by atoms with E-state index in [9.17, 15) is 13.6 Å². The van der Waals surface area contributed by atoms with Crippen LogP contribution in [0.2, 0.25) is 0 Å². The Balaban J connectivity index is 1.49. The van der Waals surface area contributed by atoms with Crippen molar-refractivity contribution in [2.24, 2.45) is 5.73 Å². The fourth-order valence-corrected chi connectivity index (χ4v) is 2.59. The van der Waals surface area contributed by atoms with Gasteiger partial charge in [-0.05, 0) is 35.0 Å². The Morgan fingerprint density at radius 3 is 2.55 bits per heavy atom. The van der Waals surface area contributed by atoms with Crippen LogP contribution in [0, 0.1) is 0 Å². The molecule has 9 nitrogen and oxygen atoms in total. The summed E-state index contributed by atoms with van der Waals surface area (Å²) in [7, 11) is 0. The monoisotopic (exact) mass is 397 g/mol. The molecule has 0 aliphatic rings. The van der Waals surface area contributed by atoms with Gasteiger partial charge in [0.15, 0.2) is 0 Å². The third-order valence-electron chi connectivity index (χ3n) is 4.01. The lowest BCUT2D eigenvalue weighted by atomic mass is 10.1. The first kappa shape index (κ1) is 18.3. The van der Waals surface area contributed by atoms with Gasteiger partial charge in [0.05, 0.1) is 6.54 Å². The lowest BCUT2D eigenvalue weighted by Crippen LogP contribution is -2.10. The van der Waals surface area contributed by atoms with Crippen LogP contribution < -0.4 is 5.73 Å². The van der Waals surface area contributed by atoms with Crippen LogP contribution >= 0.6 is 0 Å². The zero-order chi connectivity index (χ0) is 20.4. The molecule has 0 aliphatic carbocycles. The predicted molar refractivity (Wildman–Crippen MR) is 95.6 cm³/mol. The third-order valence-corrected chi connectivity index (χ3v) is 4.01. The Morgan fingerprint density at radius 2 is 1.86 bits per heavy atom. The molecule has 0 radical (unpaired) electrons. The molecule has 0 fully saturated rings. The summed E-state index contributed by atoms with van der Waals surface area (Å²) < 4.78 is 30.0. The van der Waals surface area contributed by atoms with Crippen LogP contribution in [0.25, 0.3) is 22.8 Å². The molecule has 2 aromatic heterocycles. The molecule has 0 unspecified atom stereocenters. The number of rotatable bonds is 6. The SMILES string of the molecule is NC(=O)c1cccc(-c2nnn(Cc3ccc(-c4nnc(C(F)F)o4)cc3)n2)c1. The molecule has 0 bridgehead atoms. The van der Waals surface area contributed by atoms with E-state index in [1.165, 1.54) is 4.80 Å². The zero-order valence-corrected chi connectivity index (χ0v) is 14.7. The van der Waals surface area contributed by atoms with Gasteiger partial charge in [0.1, 0.15) is 0 Å². The topological polar surface area (TPSA) is 126 Å². The van der Waals surface area contributed by atoms with Crippen LogP contribution in [0.3, 0.4) is 0 Å². The Bertz CT molecular complexity index is 1150. The first-order chi connectivity index (χ1) is 14.0. The van der Waals surface area contributed by atoms with E-state index in [1.807, 2.05) is 0 Å². The molecule has 2 N–H and O–H groups in total. The Hall–Kier alpha value is -4.02. The minimum absolute atomic E-state index is 0.0161. The van der Waals surface area contributed by atoms with E-state index in [2.05, 4.69) is 25.6 Å². The number of carbonyl (C=O) groups is 1. The van der Waals surface area contributed by atoms with Crippen molar-refractivity contribution in [1.29, 1.82) is 0 Å². The number of alkyl halides is 2. The van der Waals surface area contributed by atoms with Gasteiger partial charge >= 0.3 is 6.43 Å². The summed E-state index contributed by atoms with van der Waals surface area (Å²) in [4.78, 5) is 12.7. The lowest BCUT2D eigenvalue weighted by molar-refractivity contribution is 0.1000. The molecule has 4 aromatic rings. The largest absolute Gasteiger partial charge is 0.415 e. The number of benzene rings is 2. The number of tetrazole rings is 1. The Morgan fingerprint density at radius 1 is 1.07 bits per heavy atom. The number of halogens is 2. The number of hydrogen-bond donors (Lipinski definition) is 1. The minimum Gasteiger partial charge on any atom is -0.415 e. The van der Waals surface area contributed by atoms with Crippen molar-refractivity contribution in [3.63, 3.8) is 0 Å². The van der Waals surface area contributed by atoms with Gasteiger partial charge in [0, 0.05) is 16.7 Å². The molecule has 0 saturated heterocycles. The highest BCUT2D eigenvalue weighted by Crippen LogP contribution is 2.23. The molecule has 1 amide bonds. The van der Waals surface area contributed by atoms with Crippen LogP contribution in [-0.4, -0.2) is 36.3 Å². The van der Waals surface area contributed by atoms with Crippen molar-refractivity contribution in [3.8, 4) is 22.8 Å². The first-order valence-corrected chi connectivity index (χ1v) is 8.38. The predicted octanol–water partition coefficient (Wildman–Crippen LogP) is 2.47. The molecule has 2 aromatic carbocycles. The smallest absolute Gasteiger partial charge is 0.314 e. The van der Waals surface area contributed by atoms with Gasteiger partial charge in [-0.15, -0.1) is 20.4 Å². The Kier molecular flexibility index (Phi) is 4.77. The van der Waals surface area contributed by atoms with Crippen molar-refractivity contribution in [1.82, 2.24) is 30.4 Å². The molecule has 0 aliphatic heterocycles. The van der Waals surface area contributed by atoms with E-state index < -0.39 is 18.2 Å². The molecule has 4 rings (SSSR count). The Labute approximate surface area is 162 Å². The summed E-state index contributed by atoms with van der Waals surface area (Å²) in [5.41, 5.74) is 7.62. The average molecular weight is 397 g/mol. The van der Waals surface area contributed by atoms with Gasteiger partial charge in [0.2, 0.25) is 17.6 Å². The summed E-state index contributed by atoms with van der Waals surface area (Å²) >= 11 is 0. The highest BCUT2D eigenvalue weighted by Gasteiger charge is 2.17. The van der Waals surface area contributed by atoms with E-state index >= 15 is 0 Å². The van der Waals surface area contributed by atoms with E-state index in [4.69, 9.17) is 10.2 Å². The summed E-state index contributed by atoms with van der Waals surface area (Å²) in [6, 6.07) is 13.5. The van der Waals surface area contributed by atoms with Crippen molar-refractivity contribution in [2.75, 3.05) is 0 Å². The van der Waals surface area contributed by atoms with Crippen molar-refractivity contribution >= 4 is 5.91 Å². The van der Waals surface area contributed by atoms with Crippen LogP contribution in [-0.2, 0) is 6.54 Å². The molecule has 2 heterocycles. The fraction of sp³-hybridized carbons (Fsp3) is 0.111. The quantitative estimate of drug-likeness (QED) is 0.530. The van der Waals surface area contributed by atoms with Crippen LogP contribution in [0.1, 0.15) is 28.2 Å². The summed E-state index contributed by atoms with van der Waals surface area (Å²) in [5, 5.41) is 19.2. The fourth-order valence-electron chi connectivity index (χ4n) is 2.59. The van der Waals surface area contributed by atoms with Crippen LogP contribution in [0.4, 0.5) is 8.78 Å².